The molecule has 2 N–H and O–H groups in total. The van der Waals surface area contributed by atoms with Crippen molar-refractivity contribution in [2.45, 2.75) is 32.9 Å². The Morgan fingerprint density at radius 1 is 1.47 bits per heavy atom. The van der Waals surface area contributed by atoms with Crippen molar-refractivity contribution in [3.05, 3.63) is 34.1 Å². The van der Waals surface area contributed by atoms with E-state index < -0.39 is 5.60 Å². The van der Waals surface area contributed by atoms with Gasteiger partial charge in [0.25, 0.3) is 0 Å². The molecule has 0 radical (unpaired) electrons. The lowest BCUT2D eigenvalue weighted by Crippen LogP contribution is -2.42. The van der Waals surface area contributed by atoms with Crippen LogP contribution in [0.5, 0.6) is 0 Å². The summed E-state index contributed by atoms with van der Waals surface area (Å²) in [6, 6.07) is 4.84. The second-order valence-electron chi connectivity index (χ2n) is 4.85. The van der Waals surface area contributed by atoms with Crippen molar-refractivity contribution < 1.29 is 9.50 Å². The summed E-state index contributed by atoms with van der Waals surface area (Å²) in [5.74, 6) is -0.0766. The molecule has 96 valence electrons. The van der Waals surface area contributed by atoms with Crippen LogP contribution in [0.3, 0.4) is 0 Å². The third-order valence-corrected chi connectivity index (χ3v) is 3.54. The number of halogens is 2. The minimum Gasteiger partial charge on any atom is -0.389 e. The molecule has 0 heterocycles. The highest BCUT2D eigenvalue weighted by Crippen LogP contribution is 2.17. The zero-order valence-electron chi connectivity index (χ0n) is 10.4. The van der Waals surface area contributed by atoms with Gasteiger partial charge in [0, 0.05) is 23.1 Å². The molecule has 0 aliphatic rings. The molecule has 0 saturated heterocycles. The molecule has 1 atom stereocenters. The highest BCUT2D eigenvalue weighted by molar-refractivity contribution is 9.10. The Bertz CT molecular complexity index is 380. The van der Waals surface area contributed by atoms with Crippen molar-refractivity contribution in [1.82, 2.24) is 5.32 Å². The Morgan fingerprint density at radius 2 is 2.12 bits per heavy atom. The molecule has 1 aromatic rings. The SMILES string of the molecule is CC(C)C(C)(O)CNCc1cc(Br)ccc1F. The quantitative estimate of drug-likeness (QED) is 0.876. The monoisotopic (exact) mass is 303 g/mol. The summed E-state index contributed by atoms with van der Waals surface area (Å²) < 4.78 is 14.3. The molecule has 4 heteroatoms. The van der Waals surface area contributed by atoms with Gasteiger partial charge in [0.15, 0.2) is 0 Å². The van der Waals surface area contributed by atoms with Gasteiger partial charge in [-0.25, -0.2) is 4.39 Å². The Kier molecular flexibility index (Phi) is 5.10. The fourth-order valence-corrected chi connectivity index (χ4v) is 1.74. The van der Waals surface area contributed by atoms with Crippen molar-refractivity contribution in [2.75, 3.05) is 6.54 Å². The van der Waals surface area contributed by atoms with E-state index in [1.165, 1.54) is 6.07 Å². The maximum absolute atomic E-state index is 13.4. The van der Waals surface area contributed by atoms with E-state index in [4.69, 9.17) is 0 Å². The van der Waals surface area contributed by atoms with Gasteiger partial charge in [0.2, 0.25) is 0 Å². The molecule has 0 fully saturated rings. The van der Waals surface area contributed by atoms with Crippen molar-refractivity contribution in [3.63, 3.8) is 0 Å². The minimum atomic E-state index is -0.775. The van der Waals surface area contributed by atoms with Gasteiger partial charge in [0.1, 0.15) is 5.82 Å². The molecule has 1 aromatic carbocycles. The highest BCUT2D eigenvalue weighted by atomic mass is 79.9. The van der Waals surface area contributed by atoms with Gasteiger partial charge in [-0.15, -0.1) is 0 Å². The number of nitrogens with one attached hydrogen (secondary N) is 1. The van der Waals surface area contributed by atoms with Crippen LogP contribution >= 0.6 is 15.9 Å². The summed E-state index contributed by atoms with van der Waals surface area (Å²) >= 11 is 3.31. The van der Waals surface area contributed by atoms with E-state index in [1.54, 1.807) is 19.1 Å². The lowest BCUT2D eigenvalue weighted by Gasteiger charge is -2.28. The average molecular weight is 304 g/mol. The fourth-order valence-electron chi connectivity index (χ4n) is 1.33. The van der Waals surface area contributed by atoms with Gasteiger partial charge in [-0.2, -0.15) is 0 Å². The summed E-state index contributed by atoms with van der Waals surface area (Å²) in [6.45, 7) is 6.55. The van der Waals surface area contributed by atoms with Gasteiger partial charge in [-0.3, -0.25) is 0 Å². The smallest absolute Gasteiger partial charge is 0.127 e. The molecular formula is C13H19BrFNO. The zero-order chi connectivity index (χ0) is 13.1. The minimum absolute atomic E-state index is 0.155. The molecule has 1 rings (SSSR count). The first-order chi connectivity index (χ1) is 7.83. The lowest BCUT2D eigenvalue weighted by atomic mass is 9.92. The molecule has 0 spiro atoms. The topological polar surface area (TPSA) is 32.3 Å². The van der Waals surface area contributed by atoms with Crippen LogP contribution in [-0.4, -0.2) is 17.3 Å². The second kappa shape index (κ2) is 5.94. The Morgan fingerprint density at radius 3 is 2.71 bits per heavy atom. The number of aliphatic hydroxyl groups is 1. The molecule has 0 aromatic heterocycles. The summed E-state index contributed by atoms with van der Waals surface area (Å²) in [4.78, 5) is 0. The zero-order valence-corrected chi connectivity index (χ0v) is 12.0. The van der Waals surface area contributed by atoms with E-state index in [0.29, 0.717) is 18.7 Å². The van der Waals surface area contributed by atoms with E-state index in [9.17, 15) is 9.50 Å². The molecule has 0 bridgehead atoms. The fraction of sp³-hybridized carbons (Fsp3) is 0.538. The predicted octanol–water partition coefficient (Wildman–Crippen LogP) is 3.08. The number of rotatable bonds is 5. The molecule has 0 saturated carbocycles. The van der Waals surface area contributed by atoms with E-state index in [0.717, 1.165) is 4.47 Å². The van der Waals surface area contributed by atoms with E-state index in [-0.39, 0.29) is 11.7 Å². The van der Waals surface area contributed by atoms with E-state index in [2.05, 4.69) is 21.2 Å². The third kappa shape index (κ3) is 4.37. The van der Waals surface area contributed by atoms with Crippen LogP contribution in [0.4, 0.5) is 4.39 Å². The first-order valence-corrected chi connectivity index (χ1v) is 6.49. The van der Waals surface area contributed by atoms with Crippen molar-refractivity contribution in [2.24, 2.45) is 5.92 Å². The van der Waals surface area contributed by atoms with Gasteiger partial charge in [-0.05, 0) is 31.0 Å². The first-order valence-electron chi connectivity index (χ1n) is 5.70. The number of hydrogen-bond donors (Lipinski definition) is 2. The second-order valence-corrected chi connectivity index (χ2v) is 5.77. The summed E-state index contributed by atoms with van der Waals surface area (Å²) in [5.41, 5.74) is -0.179. The van der Waals surface area contributed by atoms with Crippen LogP contribution in [-0.2, 0) is 6.54 Å². The van der Waals surface area contributed by atoms with E-state index in [1.807, 2.05) is 13.8 Å². The van der Waals surface area contributed by atoms with Crippen LogP contribution in [0.1, 0.15) is 26.3 Å². The van der Waals surface area contributed by atoms with Crippen molar-refractivity contribution >= 4 is 15.9 Å². The molecule has 0 amide bonds. The largest absolute Gasteiger partial charge is 0.389 e. The predicted molar refractivity (Wildman–Crippen MR) is 71.3 cm³/mol. The first kappa shape index (κ1) is 14.6. The highest BCUT2D eigenvalue weighted by Gasteiger charge is 2.24. The molecule has 2 nitrogen and oxygen atoms in total. The molecular weight excluding hydrogens is 285 g/mol. The van der Waals surface area contributed by atoms with Crippen LogP contribution in [0.25, 0.3) is 0 Å². The molecule has 1 unspecified atom stereocenters. The molecule has 0 aliphatic carbocycles. The summed E-state index contributed by atoms with van der Waals surface area (Å²) in [5, 5.41) is 13.1. The van der Waals surface area contributed by atoms with Gasteiger partial charge >= 0.3 is 0 Å². The van der Waals surface area contributed by atoms with Crippen LogP contribution in [0, 0.1) is 11.7 Å². The lowest BCUT2D eigenvalue weighted by molar-refractivity contribution is 0.0139. The summed E-state index contributed by atoms with van der Waals surface area (Å²) in [7, 11) is 0. The average Bonchev–Trinajstić information content (AvgIpc) is 2.22. The maximum atomic E-state index is 13.4. The Balaban J connectivity index is 2.54. The van der Waals surface area contributed by atoms with Crippen LogP contribution in [0.2, 0.25) is 0 Å². The van der Waals surface area contributed by atoms with Gasteiger partial charge < -0.3 is 10.4 Å². The van der Waals surface area contributed by atoms with Gasteiger partial charge in [0.05, 0.1) is 5.60 Å². The molecule has 17 heavy (non-hydrogen) atoms. The number of hydrogen-bond acceptors (Lipinski definition) is 2. The standard InChI is InChI=1S/C13H19BrFNO/c1-9(2)13(3,17)8-16-7-10-6-11(14)4-5-12(10)15/h4-6,9,16-17H,7-8H2,1-3H3. The van der Waals surface area contributed by atoms with Gasteiger partial charge in [-0.1, -0.05) is 29.8 Å². The van der Waals surface area contributed by atoms with Crippen molar-refractivity contribution in [1.29, 1.82) is 0 Å². The Hall–Kier alpha value is -0.450. The van der Waals surface area contributed by atoms with Crippen LogP contribution in [0.15, 0.2) is 22.7 Å². The number of benzene rings is 1. The third-order valence-electron chi connectivity index (χ3n) is 3.05. The Labute approximate surface area is 110 Å². The van der Waals surface area contributed by atoms with Crippen molar-refractivity contribution in [3.8, 4) is 0 Å². The van der Waals surface area contributed by atoms with E-state index >= 15 is 0 Å². The summed E-state index contributed by atoms with van der Waals surface area (Å²) in [6.07, 6.45) is 0. The maximum Gasteiger partial charge on any atom is 0.127 e. The normalized spacial score (nSPS) is 15.0. The molecule has 0 aliphatic heterocycles. The van der Waals surface area contributed by atoms with Crippen LogP contribution < -0.4 is 5.32 Å².